The molecule has 0 saturated carbocycles. The van der Waals surface area contributed by atoms with Gasteiger partial charge in [-0.15, -0.1) is 0 Å². The molecule has 0 aromatic heterocycles. The van der Waals surface area contributed by atoms with Gasteiger partial charge < -0.3 is 10.2 Å². The third kappa shape index (κ3) is 22.4. The molecule has 0 aliphatic rings. The molecule has 0 bridgehead atoms. The van der Waals surface area contributed by atoms with Gasteiger partial charge in [0.05, 0.1) is 0 Å². The van der Waals surface area contributed by atoms with Crippen LogP contribution in [0.15, 0.2) is 12.2 Å². The molecule has 0 heterocycles. The molecule has 0 aliphatic carbocycles. The minimum Gasteiger partial charge on any atom is -0.481 e. The maximum atomic E-state index is 9.90. The lowest BCUT2D eigenvalue weighted by atomic mass is 10.2. The van der Waals surface area contributed by atoms with Crippen molar-refractivity contribution >= 4 is 11.9 Å². The Morgan fingerprint density at radius 2 is 1.21 bits per heavy atom. The molecule has 0 radical (unpaired) electrons. The molecule has 0 spiro atoms. The summed E-state index contributed by atoms with van der Waals surface area (Å²) in [7, 11) is 0. The zero-order valence-corrected chi connectivity index (χ0v) is 8.69. The van der Waals surface area contributed by atoms with E-state index in [1.54, 1.807) is 0 Å². The maximum absolute atomic E-state index is 9.90. The van der Waals surface area contributed by atoms with E-state index in [0.29, 0.717) is 12.8 Å². The van der Waals surface area contributed by atoms with Gasteiger partial charge in [-0.3, -0.25) is 9.59 Å². The standard InChI is InChI=1S/C6H10O4.C4H8/c7-5(8)3-1-2-4-6(9)10;1-3-4-2/h1-4H2,(H,7,8)(H,9,10);3-4H,1-2H3. The van der Waals surface area contributed by atoms with Gasteiger partial charge in [0.25, 0.3) is 0 Å². The molecule has 2 N–H and O–H groups in total. The Bertz CT molecular complexity index is 165. The molecule has 0 amide bonds. The van der Waals surface area contributed by atoms with Crippen LogP contribution >= 0.6 is 0 Å². The van der Waals surface area contributed by atoms with Crippen molar-refractivity contribution in [2.24, 2.45) is 0 Å². The van der Waals surface area contributed by atoms with E-state index in [2.05, 4.69) is 0 Å². The van der Waals surface area contributed by atoms with Crippen LogP contribution < -0.4 is 0 Å². The second kappa shape index (κ2) is 11.7. The zero-order chi connectivity index (χ0) is 11.4. The van der Waals surface area contributed by atoms with Crippen LogP contribution in [0.3, 0.4) is 0 Å². The highest BCUT2D eigenvalue weighted by Gasteiger charge is 1.99. The monoisotopic (exact) mass is 202 g/mol. The first kappa shape index (κ1) is 15.2. The molecule has 0 rings (SSSR count). The van der Waals surface area contributed by atoms with E-state index >= 15 is 0 Å². The van der Waals surface area contributed by atoms with Crippen LogP contribution in [0.2, 0.25) is 0 Å². The highest BCUT2D eigenvalue weighted by atomic mass is 16.4. The number of carboxylic acids is 2. The molecule has 0 unspecified atom stereocenters. The van der Waals surface area contributed by atoms with E-state index in [-0.39, 0.29) is 12.8 Å². The number of hydrogen-bond acceptors (Lipinski definition) is 2. The summed E-state index contributed by atoms with van der Waals surface area (Å²) in [6.45, 7) is 4.00. The van der Waals surface area contributed by atoms with E-state index in [4.69, 9.17) is 10.2 Å². The van der Waals surface area contributed by atoms with Crippen LogP contribution in [-0.2, 0) is 9.59 Å². The van der Waals surface area contributed by atoms with Crippen LogP contribution in [0.1, 0.15) is 39.5 Å². The zero-order valence-electron chi connectivity index (χ0n) is 8.69. The van der Waals surface area contributed by atoms with E-state index < -0.39 is 11.9 Å². The minimum atomic E-state index is -0.870. The Hall–Kier alpha value is -1.32. The average molecular weight is 202 g/mol. The number of rotatable bonds is 5. The fourth-order valence-electron chi connectivity index (χ4n) is 0.552. The number of allylic oxidation sites excluding steroid dienone is 2. The second-order valence-electron chi connectivity index (χ2n) is 2.66. The fraction of sp³-hybridized carbons (Fsp3) is 0.600. The van der Waals surface area contributed by atoms with Gasteiger partial charge in [0, 0.05) is 12.8 Å². The van der Waals surface area contributed by atoms with Crippen LogP contribution in [0.5, 0.6) is 0 Å². The van der Waals surface area contributed by atoms with Crippen molar-refractivity contribution in [2.75, 3.05) is 0 Å². The smallest absolute Gasteiger partial charge is 0.303 e. The highest BCUT2D eigenvalue weighted by Crippen LogP contribution is 1.98. The molecular formula is C10H18O4. The number of aliphatic carboxylic acids is 2. The summed E-state index contributed by atoms with van der Waals surface area (Å²) in [6.07, 6.45) is 5.02. The van der Waals surface area contributed by atoms with Gasteiger partial charge in [-0.2, -0.15) is 0 Å². The lowest BCUT2D eigenvalue weighted by Crippen LogP contribution is -1.97. The van der Waals surface area contributed by atoms with Crippen molar-refractivity contribution in [1.29, 1.82) is 0 Å². The van der Waals surface area contributed by atoms with Gasteiger partial charge in [0.1, 0.15) is 0 Å². The van der Waals surface area contributed by atoms with Crippen molar-refractivity contribution in [2.45, 2.75) is 39.5 Å². The van der Waals surface area contributed by atoms with E-state index in [1.165, 1.54) is 0 Å². The van der Waals surface area contributed by atoms with Crippen molar-refractivity contribution in [1.82, 2.24) is 0 Å². The van der Waals surface area contributed by atoms with Gasteiger partial charge in [-0.05, 0) is 26.7 Å². The number of carbonyl (C=O) groups is 2. The molecule has 0 saturated heterocycles. The molecule has 4 heteroatoms. The lowest BCUT2D eigenvalue weighted by Gasteiger charge is -1.92. The second-order valence-corrected chi connectivity index (χ2v) is 2.66. The summed E-state index contributed by atoms with van der Waals surface area (Å²) >= 11 is 0. The predicted molar refractivity (Wildman–Crippen MR) is 54.2 cm³/mol. The Morgan fingerprint density at radius 3 is 1.36 bits per heavy atom. The Balaban J connectivity index is 0. The van der Waals surface area contributed by atoms with Crippen LogP contribution in [0.25, 0.3) is 0 Å². The van der Waals surface area contributed by atoms with Gasteiger partial charge in [0.15, 0.2) is 0 Å². The summed E-state index contributed by atoms with van der Waals surface area (Å²) < 4.78 is 0. The van der Waals surface area contributed by atoms with E-state index in [1.807, 2.05) is 26.0 Å². The topological polar surface area (TPSA) is 74.6 Å². The summed E-state index contributed by atoms with van der Waals surface area (Å²) in [4.78, 5) is 19.8. The molecule has 4 nitrogen and oxygen atoms in total. The minimum absolute atomic E-state index is 0.0628. The average Bonchev–Trinajstić information content (AvgIpc) is 2.12. The van der Waals surface area contributed by atoms with Crippen molar-refractivity contribution < 1.29 is 19.8 Å². The van der Waals surface area contributed by atoms with E-state index in [0.717, 1.165) is 0 Å². The van der Waals surface area contributed by atoms with Crippen LogP contribution in [0, 0.1) is 0 Å². The van der Waals surface area contributed by atoms with Crippen LogP contribution in [-0.4, -0.2) is 22.2 Å². The molecule has 0 aromatic rings. The molecule has 0 fully saturated rings. The first-order valence-corrected chi connectivity index (χ1v) is 4.55. The molecule has 0 aliphatic heterocycles. The van der Waals surface area contributed by atoms with Crippen LogP contribution in [0.4, 0.5) is 0 Å². The molecule has 0 aromatic carbocycles. The normalized spacial score (nSPS) is 9.29. The van der Waals surface area contributed by atoms with Gasteiger partial charge >= 0.3 is 11.9 Å². The fourth-order valence-corrected chi connectivity index (χ4v) is 0.552. The molecule has 0 atom stereocenters. The van der Waals surface area contributed by atoms with Crippen molar-refractivity contribution in [3.8, 4) is 0 Å². The Kier molecular flexibility index (Phi) is 12.7. The molecular weight excluding hydrogens is 184 g/mol. The lowest BCUT2D eigenvalue weighted by molar-refractivity contribution is -0.139. The Labute approximate surface area is 84.3 Å². The number of hydrogen-bond donors (Lipinski definition) is 2. The highest BCUT2D eigenvalue weighted by molar-refractivity contribution is 5.67. The largest absolute Gasteiger partial charge is 0.481 e. The van der Waals surface area contributed by atoms with Crippen molar-refractivity contribution in [3.63, 3.8) is 0 Å². The molecule has 14 heavy (non-hydrogen) atoms. The first-order valence-electron chi connectivity index (χ1n) is 4.55. The summed E-state index contributed by atoms with van der Waals surface area (Å²) in [5.41, 5.74) is 0. The van der Waals surface area contributed by atoms with Gasteiger partial charge in [-0.1, -0.05) is 12.2 Å². The quantitative estimate of drug-likeness (QED) is 0.530. The number of unbranched alkanes of at least 4 members (excludes halogenated alkanes) is 1. The maximum Gasteiger partial charge on any atom is 0.303 e. The first-order chi connectivity index (χ1) is 6.54. The molecule has 82 valence electrons. The van der Waals surface area contributed by atoms with E-state index in [9.17, 15) is 9.59 Å². The summed E-state index contributed by atoms with van der Waals surface area (Å²) in [5, 5.41) is 16.3. The van der Waals surface area contributed by atoms with Crippen molar-refractivity contribution in [3.05, 3.63) is 12.2 Å². The summed E-state index contributed by atoms with van der Waals surface area (Å²) in [6, 6.07) is 0. The Morgan fingerprint density at radius 1 is 0.929 bits per heavy atom. The third-order valence-corrected chi connectivity index (χ3v) is 1.36. The summed E-state index contributed by atoms with van der Waals surface area (Å²) in [5.74, 6) is -1.74. The van der Waals surface area contributed by atoms with Gasteiger partial charge in [-0.25, -0.2) is 0 Å². The predicted octanol–water partition coefficient (Wildman–Crippen LogP) is 2.30. The SMILES string of the molecule is CC=CC.O=C(O)CCCCC(=O)O. The third-order valence-electron chi connectivity index (χ3n) is 1.36. The van der Waals surface area contributed by atoms with Gasteiger partial charge in [0.2, 0.25) is 0 Å². The number of carboxylic acid groups (broad SMARTS) is 2.